The van der Waals surface area contributed by atoms with Crippen molar-refractivity contribution < 1.29 is 19.4 Å². The highest BCUT2D eigenvalue weighted by Crippen LogP contribution is 2.44. The average Bonchev–Trinajstić information content (AvgIpc) is 3.17. The van der Waals surface area contributed by atoms with Crippen LogP contribution in [0, 0.1) is 6.92 Å². The number of ketones is 1. The zero-order chi connectivity index (χ0) is 26.7. The minimum atomic E-state index is -0.809. The van der Waals surface area contributed by atoms with Crippen molar-refractivity contribution in [3.8, 4) is 5.75 Å². The van der Waals surface area contributed by atoms with Crippen LogP contribution in [0.5, 0.6) is 5.75 Å². The van der Waals surface area contributed by atoms with E-state index in [1.165, 1.54) is 17.6 Å². The molecule has 37 heavy (non-hydrogen) atoms. The van der Waals surface area contributed by atoms with Gasteiger partial charge in [-0.05, 0) is 72.7 Å². The van der Waals surface area contributed by atoms with Crippen molar-refractivity contribution in [1.82, 2.24) is 0 Å². The lowest BCUT2D eigenvalue weighted by Gasteiger charge is -2.26. The molecule has 1 N–H and O–H groups in total. The predicted molar refractivity (Wildman–Crippen MR) is 148 cm³/mol. The fourth-order valence-corrected chi connectivity index (χ4v) is 5.16. The Hall–Kier alpha value is -3.57. The van der Waals surface area contributed by atoms with Gasteiger partial charge in [0, 0.05) is 5.69 Å². The van der Waals surface area contributed by atoms with Crippen LogP contribution >= 0.6 is 11.6 Å². The van der Waals surface area contributed by atoms with Gasteiger partial charge in [-0.1, -0.05) is 68.3 Å². The summed E-state index contributed by atoms with van der Waals surface area (Å²) in [5, 5.41) is 11.9. The van der Waals surface area contributed by atoms with E-state index in [0.29, 0.717) is 10.7 Å². The molecule has 0 aliphatic carbocycles. The third-order valence-corrected chi connectivity index (χ3v) is 7.11. The van der Waals surface area contributed by atoms with Gasteiger partial charge in [0.1, 0.15) is 11.5 Å². The predicted octanol–water partition coefficient (Wildman–Crippen LogP) is 7.19. The van der Waals surface area contributed by atoms with Gasteiger partial charge in [0.25, 0.3) is 11.7 Å². The normalized spacial score (nSPS) is 16.9. The Balaban J connectivity index is 1.91. The molecule has 3 aromatic rings. The number of aryl methyl sites for hydroxylation is 3. The molecular weight excluding hydrogens is 486 g/mol. The average molecular weight is 518 g/mol. The highest BCUT2D eigenvalue weighted by Gasteiger charge is 2.47. The Morgan fingerprint density at radius 2 is 1.65 bits per heavy atom. The van der Waals surface area contributed by atoms with E-state index in [1.807, 2.05) is 55.5 Å². The lowest BCUT2D eigenvalue weighted by Crippen LogP contribution is -2.29. The van der Waals surface area contributed by atoms with Gasteiger partial charge in [0.05, 0.1) is 29.3 Å². The number of anilines is 1. The van der Waals surface area contributed by atoms with E-state index in [9.17, 15) is 14.7 Å². The maximum atomic E-state index is 13.5. The summed E-state index contributed by atoms with van der Waals surface area (Å²) in [6, 6.07) is 18.1. The number of amides is 1. The molecule has 0 bridgehead atoms. The number of halogens is 1. The summed E-state index contributed by atoms with van der Waals surface area (Å²) in [5.74, 6) is -1.51. The Morgan fingerprint density at radius 1 is 1.00 bits per heavy atom. The van der Waals surface area contributed by atoms with Gasteiger partial charge in [-0.2, -0.15) is 0 Å². The van der Waals surface area contributed by atoms with Gasteiger partial charge in [-0.3, -0.25) is 14.5 Å². The van der Waals surface area contributed by atoms with Crippen molar-refractivity contribution in [3.05, 3.63) is 99.1 Å². The number of benzene rings is 3. The Morgan fingerprint density at radius 3 is 2.24 bits per heavy atom. The van der Waals surface area contributed by atoms with Gasteiger partial charge in [-0.25, -0.2) is 0 Å². The Labute approximate surface area is 223 Å². The second-order valence-electron chi connectivity index (χ2n) is 9.36. The van der Waals surface area contributed by atoms with Crippen LogP contribution in [0.25, 0.3) is 5.76 Å². The molecule has 0 radical (unpaired) electrons. The number of aliphatic hydroxyl groups excluding tert-OH is 1. The molecule has 1 aliphatic rings. The summed E-state index contributed by atoms with van der Waals surface area (Å²) in [4.78, 5) is 28.5. The van der Waals surface area contributed by atoms with Gasteiger partial charge in [0.15, 0.2) is 0 Å². The Bertz CT molecular complexity index is 1340. The number of ether oxygens (including phenoxy) is 1. The van der Waals surface area contributed by atoms with E-state index < -0.39 is 17.7 Å². The van der Waals surface area contributed by atoms with Crippen LogP contribution in [0.4, 0.5) is 5.69 Å². The van der Waals surface area contributed by atoms with Crippen LogP contribution < -0.4 is 9.64 Å². The van der Waals surface area contributed by atoms with E-state index in [0.717, 1.165) is 42.4 Å². The first-order valence-corrected chi connectivity index (χ1v) is 13.0. The summed E-state index contributed by atoms with van der Waals surface area (Å²) < 4.78 is 5.47. The maximum absolute atomic E-state index is 13.5. The van der Waals surface area contributed by atoms with Gasteiger partial charge >= 0.3 is 0 Å². The molecule has 6 heteroatoms. The number of hydrogen-bond donors (Lipinski definition) is 1. The molecule has 1 aliphatic heterocycles. The molecule has 0 spiro atoms. The number of methoxy groups -OCH3 is 1. The fourth-order valence-electron chi connectivity index (χ4n) is 4.81. The van der Waals surface area contributed by atoms with Crippen molar-refractivity contribution in [2.75, 3.05) is 12.0 Å². The number of rotatable bonds is 8. The molecule has 3 aromatic carbocycles. The standard InChI is InChI=1S/C31H32ClNO4/c1-5-7-8-21-11-15-23(16-12-21)33-27(22-13-9-20(6-2)10-14-22)26(29(35)31(33)36)28(34)24-17-19(3)18-25(32)30(24)37-4/h9-18,27,34H,5-8H2,1-4H3/b28-26+. The Kier molecular flexibility index (Phi) is 8.03. The molecule has 1 atom stereocenters. The summed E-state index contributed by atoms with van der Waals surface area (Å²) in [5.41, 5.74) is 4.69. The van der Waals surface area contributed by atoms with Crippen LogP contribution in [0.2, 0.25) is 5.02 Å². The molecule has 1 saturated heterocycles. The summed E-state index contributed by atoms with van der Waals surface area (Å²) in [7, 11) is 1.45. The van der Waals surface area contributed by atoms with Crippen LogP contribution in [0.15, 0.2) is 66.2 Å². The number of unbranched alkanes of at least 4 members (excludes halogenated alkanes) is 1. The van der Waals surface area contributed by atoms with E-state index in [2.05, 4.69) is 13.8 Å². The molecule has 1 unspecified atom stereocenters. The number of aliphatic hydroxyl groups is 1. The van der Waals surface area contributed by atoms with Crippen molar-refractivity contribution in [2.45, 2.75) is 52.5 Å². The molecule has 5 nitrogen and oxygen atoms in total. The molecule has 4 rings (SSSR count). The number of Topliss-reactive ketones (excluding diaryl/α,β-unsaturated/α-hetero) is 1. The molecule has 0 aromatic heterocycles. The fraction of sp³-hybridized carbons (Fsp3) is 0.290. The minimum absolute atomic E-state index is 0.00396. The molecule has 0 saturated carbocycles. The summed E-state index contributed by atoms with van der Waals surface area (Å²) in [6.45, 7) is 6.05. The monoisotopic (exact) mass is 517 g/mol. The number of carbonyl (C=O) groups is 2. The highest BCUT2D eigenvalue weighted by molar-refractivity contribution is 6.51. The van der Waals surface area contributed by atoms with E-state index in [-0.39, 0.29) is 22.6 Å². The van der Waals surface area contributed by atoms with Gasteiger partial charge in [-0.15, -0.1) is 0 Å². The first-order chi connectivity index (χ1) is 17.8. The van der Waals surface area contributed by atoms with Crippen molar-refractivity contribution in [3.63, 3.8) is 0 Å². The largest absolute Gasteiger partial charge is 0.507 e. The van der Waals surface area contributed by atoms with Gasteiger partial charge in [0.2, 0.25) is 0 Å². The van der Waals surface area contributed by atoms with E-state index in [1.54, 1.807) is 12.1 Å². The summed E-state index contributed by atoms with van der Waals surface area (Å²) >= 11 is 6.39. The van der Waals surface area contributed by atoms with Crippen molar-refractivity contribution in [1.29, 1.82) is 0 Å². The smallest absolute Gasteiger partial charge is 0.300 e. The first-order valence-electron chi connectivity index (χ1n) is 12.6. The maximum Gasteiger partial charge on any atom is 0.300 e. The molecule has 1 heterocycles. The van der Waals surface area contributed by atoms with Gasteiger partial charge < -0.3 is 9.84 Å². The lowest BCUT2D eigenvalue weighted by molar-refractivity contribution is -0.132. The highest BCUT2D eigenvalue weighted by atomic mass is 35.5. The van der Waals surface area contributed by atoms with Crippen molar-refractivity contribution in [2.24, 2.45) is 0 Å². The van der Waals surface area contributed by atoms with Crippen LogP contribution in [0.1, 0.15) is 60.5 Å². The quantitative estimate of drug-likeness (QED) is 0.195. The first kappa shape index (κ1) is 26.5. The SMILES string of the molecule is CCCCc1ccc(N2C(=O)C(=O)/C(=C(/O)c3cc(C)cc(Cl)c3OC)C2c2ccc(CC)cc2)cc1. The molecule has 192 valence electrons. The van der Waals surface area contributed by atoms with Crippen LogP contribution in [-0.2, 0) is 22.4 Å². The molecule has 1 amide bonds. The molecular formula is C31H32ClNO4. The number of carbonyl (C=O) groups excluding carboxylic acids is 2. The second kappa shape index (κ2) is 11.2. The van der Waals surface area contributed by atoms with Crippen molar-refractivity contribution >= 4 is 34.7 Å². The minimum Gasteiger partial charge on any atom is -0.507 e. The topological polar surface area (TPSA) is 66.8 Å². The summed E-state index contributed by atoms with van der Waals surface area (Å²) in [6.07, 6.45) is 3.98. The lowest BCUT2D eigenvalue weighted by atomic mass is 9.93. The third kappa shape index (κ3) is 5.14. The third-order valence-electron chi connectivity index (χ3n) is 6.83. The zero-order valence-electron chi connectivity index (χ0n) is 21.7. The molecule has 1 fully saturated rings. The second-order valence-corrected chi connectivity index (χ2v) is 9.77. The van der Waals surface area contributed by atoms with E-state index in [4.69, 9.17) is 16.3 Å². The van der Waals surface area contributed by atoms with Crippen LogP contribution in [0.3, 0.4) is 0 Å². The van der Waals surface area contributed by atoms with Crippen LogP contribution in [-0.4, -0.2) is 23.9 Å². The zero-order valence-corrected chi connectivity index (χ0v) is 22.4. The number of hydrogen-bond acceptors (Lipinski definition) is 4. The van der Waals surface area contributed by atoms with E-state index >= 15 is 0 Å². The number of nitrogens with zero attached hydrogens (tertiary/aromatic N) is 1.